The number of rotatable bonds is 5. The minimum Gasteiger partial charge on any atom is -0.465 e. The summed E-state index contributed by atoms with van der Waals surface area (Å²) in [4.78, 5) is 28.7. The van der Waals surface area contributed by atoms with Crippen LogP contribution in [0.5, 0.6) is 0 Å². The number of anilines is 1. The molecule has 0 radical (unpaired) electrons. The Balaban J connectivity index is 1.58. The molecule has 3 aromatic heterocycles. The maximum absolute atomic E-state index is 13.4. The molecule has 0 spiro atoms. The predicted octanol–water partition coefficient (Wildman–Crippen LogP) is 3.15. The minimum absolute atomic E-state index is 0.0183. The molecular formula is C25H24N3O4S3+. The lowest BCUT2D eigenvalue weighted by molar-refractivity contribution is -0.686. The summed E-state index contributed by atoms with van der Waals surface area (Å²) < 4.78 is 15.8. The van der Waals surface area contributed by atoms with Gasteiger partial charge in [0.05, 0.1) is 30.5 Å². The summed E-state index contributed by atoms with van der Waals surface area (Å²) >= 11 is 4.71. The quantitative estimate of drug-likeness (QED) is 0.294. The van der Waals surface area contributed by atoms with E-state index in [9.17, 15) is 9.59 Å². The van der Waals surface area contributed by atoms with Gasteiger partial charge in [0.15, 0.2) is 12.0 Å². The number of hydrogen-bond acceptors (Lipinski definition) is 8. The summed E-state index contributed by atoms with van der Waals surface area (Å²) in [5.74, 6) is 0.103. The fourth-order valence-corrected chi connectivity index (χ4v) is 7.30. The number of hydrogen-bond donors (Lipinski definition) is 0. The van der Waals surface area contributed by atoms with Crippen LogP contribution in [-0.4, -0.2) is 24.7 Å². The van der Waals surface area contributed by atoms with Gasteiger partial charge < -0.3 is 14.1 Å². The van der Waals surface area contributed by atoms with Crippen LogP contribution in [-0.2, 0) is 17.8 Å². The average molecular weight is 527 g/mol. The third kappa shape index (κ3) is 4.26. The van der Waals surface area contributed by atoms with Crippen LogP contribution in [0.4, 0.5) is 5.69 Å². The van der Waals surface area contributed by atoms with Crippen LogP contribution in [0.15, 0.2) is 56.2 Å². The number of aromatic nitrogens is 2. The first-order valence-corrected chi connectivity index (χ1v) is 13.5. The molecule has 10 heteroatoms. The molecule has 0 saturated carbocycles. The predicted molar refractivity (Wildman–Crippen MR) is 140 cm³/mol. The highest BCUT2D eigenvalue weighted by molar-refractivity contribution is 8.08. The van der Waals surface area contributed by atoms with Gasteiger partial charge in [0.2, 0.25) is 6.54 Å². The van der Waals surface area contributed by atoms with Gasteiger partial charge in [-0.1, -0.05) is 29.2 Å². The second-order valence-corrected chi connectivity index (χ2v) is 11.0. The van der Waals surface area contributed by atoms with E-state index in [1.165, 1.54) is 30.3 Å². The summed E-state index contributed by atoms with van der Waals surface area (Å²) in [5, 5.41) is 3.88. The molecule has 0 atom stereocenters. The van der Waals surface area contributed by atoms with Gasteiger partial charge in [-0.25, -0.2) is 4.79 Å². The largest absolute Gasteiger partial charge is 0.465 e. The molecule has 180 valence electrons. The van der Waals surface area contributed by atoms with Gasteiger partial charge in [-0.15, -0.1) is 11.3 Å². The second kappa shape index (κ2) is 9.52. The van der Waals surface area contributed by atoms with Gasteiger partial charge in [0.1, 0.15) is 19.8 Å². The smallest absolute Gasteiger partial charge is 0.341 e. The molecule has 1 aliphatic rings. The van der Waals surface area contributed by atoms with E-state index >= 15 is 0 Å². The molecule has 0 N–H and O–H groups in total. The lowest BCUT2D eigenvalue weighted by atomic mass is 10.2. The maximum Gasteiger partial charge on any atom is 0.341 e. The van der Waals surface area contributed by atoms with Crippen LogP contribution in [0.25, 0.3) is 11.1 Å². The van der Waals surface area contributed by atoms with E-state index in [4.69, 9.17) is 9.15 Å². The van der Waals surface area contributed by atoms with Gasteiger partial charge in [-0.05, 0) is 37.6 Å². The third-order valence-electron chi connectivity index (χ3n) is 5.83. The number of ether oxygens (including phenoxy) is 1. The first-order valence-electron chi connectivity index (χ1n) is 11.0. The maximum atomic E-state index is 13.4. The van der Waals surface area contributed by atoms with Crippen molar-refractivity contribution in [1.82, 2.24) is 4.57 Å². The van der Waals surface area contributed by atoms with Crippen molar-refractivity contribution in [2.75, 3.05) is 19.1 Å². The van der Waals surface area contributed by atoms with Crippen LogP contribution in [0, 0.1) is 6.92 Å². The number of benzene rings is 1. The molecule has 0 aliphatic carbocycles. The highest BCUT2D eigenvalue weighted by atomic mass is 32.2. The number of methoxy groups -OCH3 is 1. The number of carbonyl (C=O) groups is 1. The molecule has 5 rings (SSSR count). The number of fused-ring (bicyclic) bond motifs is 1. The lowest BCUT2D eigenvalue weighted by Gasteiger charge is -2.12. The first kappa shape index (κ1) is 23.7. The van der Waals surface area contributed by atoms with Crippen molar-refractivity contribution >= 4 is 57.2 Å². The summed E-state index contributed by atoms with van der Waals surface area (Å²) in [6.07, 6.45) is 5.46. The van der Waals surface area contributed by atoms with Crippen molar-refractivity contribution in [3.05, 3.63) is 83.5 Å². The van der Waals surface area contributed by atoms with Crippen molar-refractivity contribution in [2.45, 2.75) is 31.8 Å². The zero-order valence-corrected chi connectivity index (χ0v) is 22.2. The van der Waals surface area contributed by atoms with Gasteiger partial charge in [-0.3, -0.25) is 9.36 Å². The molecule has 0 fully saturated rings. The Labute approximate surface area is 214 Å². The van der Waals surface area contributed by atoms with Crippen molar-refractivity contribution < 1.29 is 18.5 Å². The molecule has 4 aromatic rings. The standard InChI is InChI=1S/C25H24N3O4S3/c1-5-28-21(13-20-27(9-11-33-20)14-18-16(8-10-32-18)25(30)31-4)35-22(23(28)29)24-26(3)17-12-15(2)6-7-19(17)34-24/h6-13H,5,14H2,1-4H3/q+1/b24-22+. The topological polar surface area (TPSA) is 68.6 Å². The number of nitrogens with zero attached hydrogens (tertiary/aromatic N) is 3. The van der Waals surface area contributed by atoms with Gasteiger partial charge in [-0.2, -0.15) is 4.57 Å². The molecule has 1 aromatic carbocycles. The molecule has 0 unspecified atom stereocenters. The Morgan fingerprint density at radius 3 is 2.89 bits per heavy atom. The fraction of sp³-hybridized carbons (Fsp3) is 0.240. The molecule has 4 heterocycles. The van der Waals surface area contributed by atoms with E-state index in [1.807, 2.05) is 40.8 Å². The molecule has 0 saturated heterocycles. The highest BCUT2D eigenvalue weighted by Crippen LogP contribution is 2.45. The summed E-state index contributed by atoms with van der Waals surface area (Å²) in [6.45, 7) is 5.01. The van der Waals surface area contributed by atoms with Crippen LogP contribution < -0.4 is 24.2 Å². The number of thioether (sulfide) groups is 1. The van der Waals surface area contributed by atoms with E-state index in [2.05, 4.69) is 30.0 Å². The number of carbonyl (C=O) groups excluding carboxylic acids is 1. The van der Waals surface area contributed by atoms with Gasteiger partial charge in [0, 0.05) is 18.5 Å². The summed E-state index contributed by atoms with van der Waals surface area (Å²) in [7, 11) is 3.37. The molecule has 0 bridgehead atoms. The molecular weight excluding hydrogens is 502 g/mol. The fourth-order valence-electron chi connectivity index (χ4n) is 4.00. The van der Waals surface area contributed by atoms with Gasteiger partial charge >= 0.3 is 5.97 Å². The second-order valence-electron chi connectivity index (χ2n) is 8.02. The number of thiazole rings is 2. The molecule has 35 heavy (non-hydrogen) atoms. The van der Waals surface area contributed by atoms with Crippen molar-refractivity contribution in [3.8, 4) is 0 Å². The molecule has 1 aliphatic heterocycles. The van der Waals surface area contributed by atoms with Gasteiger partial charge in [0.25, 0.3) is 10.6 Å². The van der Waals surface area contributed by atoms with Crippen molar-refractivity contribution in [1.29, 1.82) is 0 Å². The zero-order valence-electron chi connectivity index (χ0n) is 19.7. The first-order chi connectivity index (χ1) is 16.9. The third-order valence-corrected chi connectivity index (χ3v) is 9.17. The normalized spacial score (nSPS) is 15.1. The van der Waals surface area contributed by atoms with E-state index in [-0.39, 0.29) is 5.56 Å². The number of aryl methyl sites for hydroxylation is 1. The zero-order chi connectivity index (χ0) is 24.7. The Morgan fingerprint density at radius 2 is 2.11 bits per heavy atom. The Morgan fingerprint density at radius 1 is 1.29 bits per heavy atom. The van der Waals surface area contributed by atoms with Crippen molar-refractivity contribution in [2.24, 2.45) is 0 Å². The van der Waals surface area contributed by atoms with E-state index in [0.717, 1.165) is 29.8 Å². The SMILES string of the molecule is CCn1c(=O)/c(=C2\Sc3ccc(C)cc3N2C)s/c1=C\c1scc[n+]1Cc1occc1C(=O)OC. The Bertz CT molecular complexity index is 1610. The Kier molecular flexibility index (Phi) is 6.43. The molecule has 7 nitrogen and oxygen atoms in total. The monoisotopic (exact) mass is 526 g/mol. The van der Waals surface area contributed by atoms with E-state index < -0.39 is 5.97 Å². The number of furan rings is 1. The van der Waals surface area contributed by atoms with Crippen LogP contribution >= 0.6 is 34.4 Å². The van der Waals surface area contributed by atoms with Crippen LogP contribution in [0.3, 0.4) is 0 Å². The summed E-state index contributed by atoms with van der Waals surface area (Å²) in [6, 6.07) is 7.98. The number of esters is 1. The average Bonchev–Trinajstić information content (AvgIpc) is 3.62. The Hall–Kier alpha value is -3.08. The lowest BCUT2D eigenvalue weighted by Crippen LogP contribution is -2.36. The minimum atomic E-state index is -0.427. The van der Waals surface area contributed by atoms with Crippen LogP contribution in [0.2, 0.25) is 0 Å². The summed E-state index contributed by atoms with van der Waals surface area (Å²) in [5.41, 5.74) is 2.75. The van der Waals surface area contributed by atoms with Crippen LogP contribution in [0.1, 0.15) is 33.6 Å². The highest BCUT2D eigenvalue weighted by Gasteiger charge is 2.25. The van der Waals surface area contributed by atoms with E-state index in [1.54, 1.807) is 29.2 Å². The van der Waals surface area contributed by atoms with E-state index in [0.29, 0.717) is 24.4 Å². The van der Waals surface area contributed by atoms with Crippen molar-refractivity contribution in [3.63, 3.8) is 0 Å². The molecule has 0 amide bonds.